The van der Waals surface area contributed by atoms with E-state index in [0.29, 0.717) is 22.9 Å². The van der Waals surface area contributed by atoms with Crippen molar-refractivity contribution in [3.8, 4) is 17.0 Å². The third-order valence-electron chi connectivity index (χ3n) is 6.33. The Kier molecular flexibility index (Phi) is 7.02. The number of nitrogens with zero attached hydrogens (tertiary/aromatic N) is 3. The Labute approximate surface area is 223 Å². The van der Waals surface area contributed by atoms with Crippen molar-refractivity contribution < 1.29 is 23.8 Å². The summed E-state index contributed by atoms with van der Waals surface area (Å²) in [6.07, 6.45) is 0. The van der Waals surface area contributed by atoms with Gasteiger partial charge in [0.1, 0.15) is 18.2 Å². The lowest BCUT2D eigenvalue weighted by Crippen LogP contribution is -2.35. The molecule has 0 saturated heterocycles. The first-order valence-electron chi connectivity index (χ1n) is 11.9. The van der Waals surface area contributed by atoms with E-state index in [9.17, 15) is 19.1 Å². The quantitative estimate of drug-likeness (QED) is 0.321. The van der Waals surface area contributed by atoms with Crippen LogP contribution in [0.3, 0.4) is 0 Å². The van der Waals surface area contributed by atoms with Crippen LogP contribution in [0, 0.1) is 5.82 Å². The van der Waals surface area contributed by atoms with Crippen molar-refractivity contribution in [1.82, 2.24) is 14.7 Å². The normalized spacial score (nSPS) is 11.8. The number of hydrogen-bond donors (Lipinski definition) is 2. The molecule has 2 N–H and O–H groups in total. The monoisotopic (exact) mass is 534 g/mol. The number of carboxylic acids is 1. The number of anilines is 1. The van der Waals surface area contributed by atoms with Gasteiger partial charge < -0.3 is 20.1 Å². The van der Waals surface area contributed by atoms with Gasteiger partial charge in [0.15, 0.2) is 5.69 Å². The van der Waals surface area contributed by atoms with Crippen LogP contribution in [0.2, 0.25) is 5.02 Å². The van der Waals surface area contributed by atoms with Crippen molar-refractivity contribution in [2.45, 2.75) is 13.2 Å². The second kappa shape index (κ2) is 10.5. The van der Waals surface area contributed by atoms with Crippen LogP contribution in [0.5, 0.6) is 5.75 Å². The SMILES string of the molecule is Cn1nc(C(=O)N(CCNc2cc(C(=O)O)ccc2F)Cc2ccccc2)c2c1-c1cc(Cl)ccc1OC2. The standard InChI is InChI=1S/C28H24ClFN4O4/c1-33-26-20-14-19(29)8-10-24(20)38-16-21(26)25(32-33)27(35)34(15-17-5-3-2-4-6-17)12-11-31-23-13-18(28(36)37)7-9-22(23)30/h2-10,13-14,31H,11-12,15-16H2,1H3,(H,36,37). The Hall–Kier alpha value is -4.37. The van der Waals surface area contributed by atoms with E-state index in [1.54, 1.807) is 34.8 Å². The number of nitrogens with one attached hydrogen (secondary N) is 1. The molecule has 8 nitrogen and oxygen atoms in total. The summed E-state index contributed by atoms with van der Waals surface area (Å²) in [5, 5.41) is 17.2. The highest BCUT2D eigenvalue weighted by Crippen LogP contribution is 2.40. The van der Waals surface area contributed by atoms with Crippen molar-refractivity contribution in [3.05, 3.63) is 100.0 Å². The minimum Gasteiger partial charge on any atom is -0.488 e. The number of hydrogen-bond acceptors (Lipinski definition) is 5. The molecule has 0 radical (unpaired) electrons. The molecule has 1 aliphatic heterocycles. The summed E-state index contributed by atoms with van der Waals surface area (Å²) >= 11 is 6.22. The molecule has 10 heteroatoms. The third-order valence-corrected chi connectivity index (χ3v) is 6.57. The van der Waals surface area contributed by atoms with Gasteiger partial charge in [0.05, 0.1) is 16.9 Å². The highest BCUT2D eigenvalue weighted by Gasteiger charge is 2.31. The van der Waals surface area contributed by atoms with E-state index in [-0.39, 0.29) is 42.5 Å². The second-order valence-electron chi connectivity index (χ2n) is 8.87. The summed E-state index contributed by atoms with van der Waals surface area (Å²) in [7, 11) is 1.77. The van der Waals surface area contributed by atoms with Crippen LogP contribution in [0.15, 0.2) is 66.7 Å². The number of carbonyl (C=O) groups excluding carboxylic acids is 1. The molecule has 0 saturated carbocycles. The third kappa shape index (κ3) is 5.05. The number of carboxylic acid groups (broad SMARTS) is 1. The Balaban J connectivity index is 1.42. The molecular formula is C28H24ClFN4O4. The highest BCUT2D eigenvalue weighted by atomic mass is 35.5. The van der Waals surface area contributed by atoms with Crippen LogP contribution in [0.25, 0.3) is 11.3 Å². The minimum atomic E-state index is -1.15. The van der Waals surface area contributed by atoms with E-state index in [2.05, 4.69) is 10.4 Å². The molecule has 194 valence electrons. The van der Waals surface area contributed by atoms with E-state index in [0.717, 1.165) is 22.9 Å². The molecule has 0 bridgehead atoms. The summed E-state index contributed by atoms with van der Waals surface area (Å²) in [5.41, 5.74) is 3.39. The largest absolute Gasteiger partial charge is 0.488 e. The molecule has 4 aromatic rings. The Morgan fingerprint density at radius 2 is 1.95 bits per heavy atom. The number of halogens is 2. The predicted octanol–water partition coefficient (Wildman–Crippen LogP) is 5.22. The maximum absolute atomic E-state index is 14.3. The Morgan fingerprint density at radius 1 is 1.16 bits per heavy atom. The van der Waals surface area contributed by atoms with Crippen molar-refractivity contribution in [2.24, 2.45) is 7.05 Å². The van der Waals surface area contributed by atoms with Gasteiger partial charge in [0.2, 0.25) is 0 Å². The summed E-state index contributed by atoms with van der Waals surface area (Å²) in [4.78, 5) is 26.8. The number of amides is 1. The second-order valence-corrected chi connectivity index (χ2v) is 9.30. The zero-order valence-corrected chi connectivity index (χ0v) is 21.2. The van der Waals surface area contributed by atoms with E-state index < -0.39 is 11.8 Å². The lowest BCUT2D eigenvalue weighted by molar-refractivity contribution is 0.0695. The average Bonchev–Trinajstić information content (AvgIpc) is 3.25. The smallest absolute Gasteiger partial charge is 0.335 e. The van der Waals surface area contributed by atoms with Gasteiger partial charge in [-0.25, -0.2) is 9.18 Å². The van der Waals surface area contributed by atoms with Crippen molar-refractivity contribution in [1.29, 1.82) is 0 Å². The van der Waals surface area contributed by atoms with Gasteiger partial charge in [-0.1, -0.05) is 41.9 Å². The topological polar surface area (TPSA) is 96.7 Å². The molecule has 1 amide bonds. The average molecular weight is 535 g/mol. The molecule has 2 heterocycles. The number of ether oxygens (including phenoxy) is 1. The van der Waals surface area contributed by atoms with E-state index in [4.69, 9.17) is 16.3 Å². The fourth-order valence-corrected chi connectivity index (χ4v) is 4.67. The molecule has 0 unspecified atom stereocenters. The molecule has 1 aliphatic rings. The molecule has 0 fully saturated rings. The first-order chi connectivity index (χ1) is 18.3. The maximum atomic E-state index is 14.3. The maximum Gasteiger partial charge on any atom is 0.335 e. The number of fused-ring (bicyclic) bond motifs is 3. The predicted molar refractivity (Wildman–Crippen MR) is 141 cm³/mol. The van der Waals surface area contributed by atoms with Crippen LogP contribution in [-0.4, -0.2) is 44.8 Å². The molecule has 38 heavy (non-hydrogen) atoms. The van der Waals surface area contributed by atoms with Crippen LogP contribution in [0.1, 0.15) is 32.0 Å². The zero-order chi connectivity index (χ0) is 26.8. The summed E-state index contributed by atoms with van der Waals surface area (Å²) in [6, 6.07) is 18.4. The van der Waals surface area contributed by atoms with Gasteiger partial charge in [-0.15, -0.1) is 0 Å². The molecule has 5 rings (SSSR count). The fraction of sp³-hybridized carbons (Fsp3) is 0.179. The first-order valence-corrected chi connectivity index (χ1v) is 12.3. The van der Waals surface area contributed by atoms with Gasteiger partial charge in [-0.05, 0) is 42.0 Å². The summed E-state index contributed by atoms with van der Waals surface area (Å²) in [6.45, 7) is 0.874. The molecular weight excluding hydrogens is 511 g/mol. The lowest BCUT2D eigenvalue weighted by Gasteiger charge is -2.24. The Bertz CT molecular complexity index is 1520. The molecule has 0 aliphatic carbocycles. The lowest BCUT2D eigenvalue weighted by atomic mass is 10.0. The fourth-order valence-electron chi connectivity index (χ4n) is 4.50. The van der Waals surface area contributed by atoms with Crippen molar-refractivity contribution in [3.63, 3.8) is 0 Å². The molecule has 0 atom stereocenters. The van der Waals surface area contributed by atoms with Crippen molar-refractivity contribution >= 4 is 29.2 Å². The van der Waals surface area contributed by atoms with Crippen LogP contribution in [-0.2, 0) is 20.2 Å². The van der Waals surface area contributed by atoms with Gasteiger partial charge in [-0.2, -0.15) is 5.10 Å². The highest BCUT2D eigenvalue weighted by molar-refractivity contribution is 6.31. The Morgan fingerprint density at radius 3 is 2.71 bits per heavy atom. The van der Waals surface area contributed by atoms with Gasteiger partial charge in [-0.3, -0.25) is 9.48 Å². The van der Waals surface area contributed by atoms with Gasteiger partial charge in [0.25, 0.3) is 5.91 Å². The number of aromatic carboxylic acids is 1. The van der Waals surface area contributed by atoms with Crippen LogP contribution >= 0.6 is 11.6 Å². The number of benzene rings is 3. The van der Waals surface area contributed by atoms with E-state index >= 15 is 0 Å². The number of aromatic nitrogens is 2. The number of carbonyl (C=O) groups is 2. The minimum absolute atomic E-state index is 0.0355. The van der Waals surface area contributed by atoms with Gasteiger partial charge in [0, 0.05) is 42.8 Å². The number of rotatable bonds is 8. The first kappa shape index (κ1) is 25.3. The van der Waals surface area contributed by atoms with Crippen molar-refractivity contribution in [2.75, 3.05) is 18.4 Å². The van der Waals surface area contributed by atoms with Crippen LogP contribution < -0.4 is 10.1 Å². The molecule has 3 aromatic carbocycles. The molecule has 0 spiro atoms. The van der Waals surface area contributed by atoms with Gasteiger partial charge >= 0.3 is 5.97 Å². The summed E-state index contributed by atoms with van der Waals surface area (Å²) in [5.74, 6) is -1.37. The zero-order valence-electron chi connectivity index (χ0n) is 20.4. The van der Waals surface area contributed by atoms with E-state index in [1.807, 2.05) is 30.3 Å². The summed E-state index contributed by atoms with van der Waals surface area (Å²) < 4.78 is 21.9. The van der Waals surface area contributed by atoms with E-state index in [1.165, 1.54) is 12.1 Å². The number of aryl methyl sites for hydroxylation is 1. The molecule has 1 aromatic heterocycles. The van der Waals surface area contributed by atoms with Crippen LogP contribution in [0.4, 0.5) is 10.1 Å².